The average Bonchev–Trinajstić information content (AvgIpc) is 2.88. The van der Waals surface area contributed by atoms with Crippen molar-refractivity contribution in [3.63, 3.8) is 0 Å². The summed E-state index contributed by atoms with van der Waals surface area (Å²) in [4.78, 5) is 4.72. The molecule has 0 amide bonds. The van der Waals surface area contributed by atoms with Crippen molar-refractivity contribution in [3.8, 4) is 5.75 Å². The SMILES string of the molecule is COc1ccc2nc(CCC3CCCNC3)sc2c1. The van der Waals surface area contributed by atoms with Crippen LogP contribution in [0, 0.1) is 5.92 Å². The van der Waals surface area contributed by atoms with Gasteiger partial charge in [0, 0.05) is 0 Å². The van der Waals surface area contributed by atoms with Crippen LogP contribution >= 0.6 is 11.3 Å². The van der Waals surface area contributed by atoms with E-state index in [9.17, 15) is 0 Å². The molecular weight excluding hydrogens is 256 g/mol. The summed E-state index contributed by atoms with van der Waals surface area (Å²) in [7, 11) is 1.71. The van der Waals surface area contributed by atoms with Gasteiger partial charge in [-0.2, -0.15) is 0 Å². The minimum Gasteiger partial charge on any atom is -0.497 e. The first kappa shape index (κ1) is 12.9. The second kappa shape index (κ2) is 5.88. The van der Waals surface area contributed by atoms with Crippen molar-refractivity contribution in [3.05, 3.63) is 23.2 Å². The molecule has 1 aromatic heterocycles. The number of hydrogen-bond acceptors (Lipinski definition) is 4. The van der Waals surface area contributed by atoms with E-state index in [0.29, 0.717) is 0 Å². The van der Waals surface area contributed by atoms with Crippen LogP contribution in [0.3, 0.4) is 0 Å². The molecule has 1 unspecified atom stereocenters. The lowest BCUT2D eigenvalue weighted by Crippen LogP contribution is -2.29. The van der Waals surface area contributed by atoms with Gasteiger partial charge in [-0.05, 0) is 62.9 Å². The molecule has 0 radical (unpaired) electrons. The maximum atomic E-state index is 5.26. The fourth-order valence-electron chi connectivity index (χ4n) is 2.68. The van der Waals surface area contributed by atoms with Gasteiger partial charge in [0.15, 0.2) is 0 Å². The zero-order chi connectivity index (χ0) is 13.1. The van der Waals surface area contributed by atoms with E-state index in [-0.39, 0.29) is 0 Å². The summed E-state index contributed by atoms with van der Waals surface area (Å²) in [5, 5.41) is 4.74. The largest absolute Gasteiger partial charge is 0.497 e. The Morgan fingerprint density at radius 3 is 3.21 bits per heavy atom. The van der Waals surface area contributed by atoms with Crippen LogP contribution in [-0.4, -0.2) is 25.2 Å². The van der Waals surface area contributed by atoms with E-state index in [2.05, 4.69) is 17.4 Å². The molecule has 1 saturated heterocycles. The van der Waals surface area contributed by atoms with Crippen molar-refractivity contribution in [1.82, 2.24) is 10.3 Å². The number of benzene rings is 1. The lowest BCUT2D eigenvalue weighted by molar-refractivity contribution is 0.358. The monoisotopic (exact) mass is 276 g/mol. The molecule has 1 aliphatic rings. The minimum atomic E-state index is 0.829. The summed E-state index contributed by atoms with van der Waals surface area (Å²) >= 11 is 1.80. The van der Waals surface area contributed by atoms with Gasteiger partial charge in [-0.15, -0.1) is 11.3 Å². The van der Waals surface area contributed by atoms with Crippen molar-refractivity contribution in [2.24, 2.45) is 5.92 Å². The van der Waals surface area contributed by atoms with Crippen molar-refractivity contribution in [2.75, 3.05) is 20.2 Å². The van der Waals surface area contributed by atoms with Crippen LogP contribution in [0.2, 0.25) is 0 Å². The molecule has 2 aromatic rings. The number of piperidine rings is 1. The van der Waals surface area contributed by atoms with Gasteiger partial charge in [0.25, 0.3) is 0 Å². The van der Waals surface area contributed by atoms with Crippen LogP contribution in [0.4, 0.5) is 0 Å². The van der Waals surface area contributed by atoms with Gasteiger partial charge < -0.3 is 10.1 Å². The lowest BCUT2D eigenvalue weighted by Gasteiger charge is -2.21. The van der Waals surface area contributed by atoms with Gasteiger partial charge in [-0.1, -0.05) is 0 Å². The Morgan fingerprint density at radius 2 is 2.42 bits per heavy atom. The standard InChI is InChI=1S/C15H20N2OS/c1-18-12-5-6-13-14(9-12)19-15(17-13)7-4-11-3-2-8-16-10-11/h5-6,9,11,16H,2-4,7-8,10H2,1H3. The molecular formula is C15H20N2OS. The van der Waals surface area contributed by atoms with Gasteiger partial charge >= 0.3 is 0 Å². The molecule has 0 bridgehead atoms. The van der Waals surface area contributed by atoms with Crippen molar-refractivity contribution in [2.45, 2.75) is 25.7 Å². The molecule has 1 atom stereocenters. The number of nitrogens with one attached hydrogen (secondary N) is 1. The zero-order valence-corrected chi connectivity index (χ0v) is 12.1. The van der Waals surface area contributed by atoms with E-state index < -0.39 is 0 Å². The van der Waals surface area contributed by atoms with Crippen LogP contribution in [-0.2, 0) is 6.42 Å². The third-order valence-electron chi connectivity index (χ3n) is 3.81. The van der Waals surface area contributed by atoms with Crippen LogP contribution < -0.4 is 10.1 Å². The van der Waals surface area contributed by atoms with Crippen molar-refractivity contribution < 1.29 is 4.74 Å². The number of thiazole rings is 1. The first-order chi connectivity index (χ1) is 9.35. The third kappa shape index (κ3) is 3.07. The van der Waals surface area contributed by atoms with Gasteiger partial charge in [-0.3, -0.25) is 0 Å². The number of aromatic nitrogens is 1. The molecule has 1 N–H and O–H groups in total. The van der Waals surface area contributed by atoms with Crippen LogP contribution in [0.25, 0.3) is 10.2 Å². The molecule has 1 aromatic carbocycles. The summed E-state index contributed by atoms with van der Waals surface area (Å²) in [6, 6.07) is 6.12. The Bertz CT molecular complexity index is 546. The Labute approximate surface area is 118 Å². The Morgan fingerprint density at radius 1 is 1.47 bits per heavy atom. The summed E-state index contributed by atoms with van der Waals surface area (Å²) in [6.07, 6.45) is 5.05. The molecule has 19 heavy (non-hydrogen) atoms. The number of ether oxygens (including phenoxy) is 1. The fraction of sp³-hybridized carbons (Fsp3) is 0.533. The fourth-order valence-corrected chi connectivity index (χ4v) is 3.70. The maximum absolute atomic E-state index is 5.26. The lowest BCUT2D eigenvalue weighted by atomic mass is 9.95. The van der Waals surface area contributed by atoms with Gasteiger partial charge in [-0.25, -0.2) is 4.98 Å². The van der Waals surface area contributed by atoms with E-state index in [1.54, 1.807) is 18.4 Å². The van der Waals surface area contributed by atoms with E-state index >= 15 is 0 Å². The molecule has 1 fully saturated rings. The smallest absolute Gasteiger partial charge is 0.120 e. The highest BCUT2D eigenvalue weighted by Crippen LogP contribution is 2.28. The van der Waals surface area contributed by atoms with Crippen molar-refractivity contribution in [1.29, 1.82) is 0 Å². The molecule has 1 aliphatic heterocycles. The number of hydrogen-bond donors (Lipinski definition) is 1. The Balaban J connectivity index is 1.67. The van der Waals surface area contributed by atoms with Crippen LogP contribution in [0.15, 0.2) is 18.2 Å². The zero-order valence-electron chi connectivity index (χ0n) is 11.3. The highest BCUT2D eigenvalue weighted by molar-refractivity contribution is 7.18. The topological polar surface area (TPSA) is 34.1 Å². The van der Waals surface area contributed by atoms with E-state index in [4.69, 9.17) is 9.72 Å². The van der Waals surface area contributed by atoms with Crippen LogP contribution in [0.1, 0.15) is 24.3 Å². The van der Waals surface area contributed by atoms with E-state index in [1.165, 1.54) is 42.1 Å². The summed E-state index contributed by atoms with van der Waals surface area (Å²) < 4.78 is 6.49. The number of aryl methyl sites for hydroxylation is 1. The van der Waals surface area contributed by atoms with Gasteiger partial charge in [0.1, 0.15) is 5.75 Å². The number of rotatable bonds is 4. The number of fused-ring (bicyclic) bond motifs is 1. The molecule has 3 rings (SSSR count). The second-order valence-electron chi connectivity index (χ2n) is 5.19. The van der Waals surface area contributed by atoms with Crippen LogP contribution in [0.5, 0.6) is 5.75 Å². The molecule has 0 saturated carbocycles. The first-order valence-corrected chi connectivity index (χ1v) is 7.81. The normalized spacial score (nSPS) is 19.7. The molecule has 4 heteroatoms. The maximum Gasteiger partial charge on any atom is 0.120 e. The van der Waals surface area contributed by atoms with E-state index in [1.807, 2.05) is 6.07 Å². The summed E-state index contributed by atoms with van der Waals surface area (Å²) in [5.41, 5.74) is 1.10. The van der Waals surface area contributed by atoms with Gasteiger partial charge in [0.05, 0.1) is 22.3 Å². The predicted octanol–water partition coefficient (Wildman–Crippen LogP) is 3.24. The molecule has 3 nitrogen and oxygen atoms in total. The Kier molecular flexibility index (Phi) is 3.99. The summed E-state index contributed by atoms with van der Waals surface area (Å²) in [6.45, 7) is 2.37. The molecule has 102 valence electrons. The average molecular weight is 276 g/mol. The first-order valence-electron chi connectivity index (χ1n) is 6.99. The highest BCUT2D eigenvalue weighted by atomic mass is 32.1. The third-order valence-corrected chi connectivity index (χ3v) is 4.88. The Hall–Kier alpha value is -1.13. The molecule has 2 heterocycles. The van der Waals surface area contributed by atoms with Gasteiger partial charge in [0.2, 0.25) is 0 Å². The molecule has 0 aliphatic carbocycles. The van der Waals surface area contributed by atoms with Crippen molar-refractivity contribution >= 4 is 21.6 Å². The predicted molar refractivity (Wildman–Crippen MR) is 80.1 cm³/mol. The van der Waals surface area contributed by atoms with E-state index in [0.717, 1.165) is 23.6 Å². The molecule has 0 spiro atoms. The second-order valence-corrected chi connectivity index (χ2v) is 6.31. The summed E-state index contributed by atoms with van der Waals surface area (Å²) in [5.74, 6) is 1.74. The highest BCUT2D eigenvalue weighted by Gasteiger charge is 2.14. The number of methoxy groups -OCH3 is 1. The number of nitrogens with zero attached hydrogens (tertiary/aromatic N) is 1. The quantitative estimate of drug-likeness (QED) is 0.931. The minimum absolute atomic E-state index is 0.829.